The number of H-pyrrole nitrogens is 1. The summed E-state index contributed by atoms with van der Waals surface area (Å²) in [6.07, 6.45) is 0. The Morgan fingerprint density at radius 1 is 1.35 bits per heavy atom. The van der Waals surface area contributed by atoms with Crippen LogP contribution >= 0.6 is 11.3 Å². The minimum Gasteiger partial charge on any atom is -0.497 e. The molecule has 1 aromatic carbocycles. The van der Waals surface area contributed by atoms with Gasteiger partial charge in [-0.3, -0.25) is 9.59 Å². The Hall–Kier alpha value is -2.12. The minimum atomic E-state index is -0.230. The second kappa shape index (κ2) is 7.43. The van der Waals surface area contributed by atoms with Crippen LogP contribution in [-0.4, -0.2) is 43.5 Å². The number of methoxy groups -OCH3 is 1. The summed E-state index contributed by atoms with van der Waals surface area (Å²) in [7, 11) is 5.55. The van der Waals surface area contributed by atoms with Crippen molar-refractivity contribution >= 4 is 17.2 Å². The topological polar surface area (TPSA) is 74.4 Å². The maximum Gasteiger partial charge on any atom is 0.305 e. The van der Waals surface area contributed by atoms with E-state index in [1.165, 1.54) is 0 Å². The summed E-state index contributed by atoms with van der Waals surface area (Å²) in [6.45, 7) is 2.17. The number of amides is 1. The largest absolute Gasteiger partial charge is 0.497 e. The fourth-order valence-corrected chi connectivity index (χ4v) is 3.07. The van der Waals surface area contributed by atoms with Crippen LogP contribution in [0, 0.1) is 6.92 Å². The van der Waals surface area contributed by atoms with Gasteiger partial charge in [-0.2, -0.15) is 0 Å². The molecule has 0 radical (unpaired) electrons. The van der Waals surface area contributed by atoms with E-state index in [9.17, 15) is 9.59 Å². The third kappa shape index (κ3) is 4.20. The van der Waals surface area contributed by atoms with Crippen molar-refractivity contribution in [1.29, 1.82) is 0 Å². The summed E-state index contributed by atoms with van der Waals surface area (Å²) in [5.74, 6) is 0.564. The molecule has 124 valence electrons. The van der Waals surface area contributed by atoms with Crippen LogP contribution in [0.15, 0.2) is 29.1 Å². The van der Waals surface area contributed by atoms with Crippen LogP contribution in [0.1, 0.15) is 27.0 Å². The zero-order chi connectivity index (χ0) is 17.0. The van der Waals surface area contributed by atoms with E-state index in [0.29, 0.717) is 17.1 Å². The number of thiazole rings is 1. The molecule has 1 heterocycles. The molecule has 0 aliphatic rings. The van der Waals surface area contributed by atoms with Gasteiger partial charge in [-0.15, -0.1) is 0 Å². The number of aromatic nitrogens is 1. The van der Waals surface area contributed by atoms with Gasteiger partial charge in [-0.25, -0.2) is 0 Å². The lowest BCUT2D eigenvalue weighted by Crippen LogP contribution is -2.34. The maximum atomic E-state index is 12.2. The summed E-state index contributed by atoms with van der Waals surface area (Å²) in [6, 6.07) is 7.79. The van der Waals surface area contributed by atoms with Crippen LogP contribution in [-0.2, 0) is 0 Å². The molecule has 1 aromatic heterocycles. The number of nitrogens with zero attached hydrogens (tertiary/aromatic N) is 1. The molecule has 0 aliphatic carbocycles. The molecular weight excluding hydrogens is 314 g/mol. The van der Waals surface area contributed by atoms with Crippen LogP contribution in [0.25, 0.3) is 0 Å². The number of aryl methyl sites for hydroxylation is 1. The number of ether oxygens (including phenoxy) is 1. The summed E-state index contributed by atoms with van der Waals surface area (Å²) >= 11 is 0.930. The second-order valence-corrected chi connectivity index (χ2v) is 6.41. The van der Waals surface area contributed by atoms with Crippen LogP contribution in [0.3, 0.4) is 0 Å². The average molecular weight is 335 g/mol. The zero-order valence-electron chi connectivity index (χ0n) is 13.7. The van der Waals surface area contributed by atoms with E-state index in [1.807, 2.05) is 43.3 Å². The molecule has 6 nitrogen and oxygen atoms in total. The number of likely N-dealkylation sites (N-methyl/N-ethyl adjacent to an activating group) is 1. The third-order valence-corrected chi connectivity index (χ3v) is 4.59. The third-order valence-electron chi connectivity index (χ3n) is 3.61. The summed E-state index contributed by atoms with van der Waals surface area (Å²) in [5.41, 5.74) is 1.68. The Morgan fingerprint density at radius 2 is 2.00 bits per heavy atom. The van der Waals surface area contributed by atoms with Gasteiger partial charge in [-0.05, 0) is 38.7 Å². The number of rotatable bonds is 6. The summed E-state index contributed by atoms with van der Waals surface area (Å²) in [4.78, 5) is 28.4. The predicted octanol–water partition coefficient (Wildman–Crippen LogP) is 1.79. The van der Waals surface area contributed by atoms with Gasteiger partial charge >= 0.3 is 4.87 Å². The van der Waals surface area contributed by atoms with Crippen molar-refractivity contribution in [2.45, 2.75) is 13.0 Å². The first-order valence-electron chi connectivity index (χ1n) is 7.20. The highest BCUT2D eigenvalue weighted by Gasteiger charge is 2.18. The van der Waals surface area contributed by atoms with Crippen molar-refractivity contribution < 1.29 is 9.53 Å². The van der Waals surface area contributed by atoms with Crippen molar-refractivity contribution in [3.63, 3.8) is 0 Å². The molecule has 0 fully saturated rings. The first kappa shape index (κ1) is 17.2. The van der Waals surface area contributed by atoms with Gasteiger partial charge in [0.2, 0.25) is 0 Å². The number of aromatic amines is 1. The number of carbonyl (C=O) groups excluding carboxylic acids is 1. The normalized spacial score (nSPS) is 12.2. The molecule has 0 spiro atoms. The van der Waals surface area contributed by atoms with Gasteiger partial charge in [0.15, 0.2) is 0 Å². The van der Waals surface area contributed by atoms with Gasteiger partial charge in [0.25, 0.3) is 5.91 Å². The van der Waals surface area contributed by atoms with Crippen LogP contribution in [0.4, 0.5) is 0 Å². The van der Waals surface area contributed by atoms with E-state index in [2.05, 4.69) is 10.3 Å². The fourth-order valence-electron chi connectivity index (χ4n) is 2.32. The molecule has 2 rings (SSSR count). The molecule has 0 aliphatic heterocycles. The lowest BCUT2D eigenvalue weighted by atomic mass is 10.1. The first-order valence-corrected chi connectivity index (χ1v) is 8.02. The maximum absolute atomic E-state index is 12.2. The number of hydrogen-bond acceptors (Lipinski definition) is 5. The molecule has 2 N–H and O–H groups in total. The van der Waals surface area contributed by atoms with Crippen LogP contribution in [0.2, 0.25) is 0 Å². The molecule has 0 bridgehead atoms. The van der Waals surface area contributed by atoms with Crippen molar-refractivity contribution in [1.82, 2.24) is 15.2 Å². The molecule has 1 unspecified atom stereocenters. The smallest absolute Gasteiger partial charge is 0.305 e. The van der Waals surface area contributed by atoms with E-state index in [-0.39, 0.29) is 16.8 Å². The SMILES string of the molecule is COc1ccc(C(CNC(=O)c2sc(=O)[nH]c2C)N(C)C)cc1. The summed E-state index contributed by atoms with van der Waals surface area (Å²) in [5, 5.41) is 2.90. The average Bonchev–Trinajstić information content (AvgIpc) is 2.86. The highest BCUT2D eigenvalue weighted by atomic mass is 32.1. The van der Waals surface area contributed by atoms with E-state index in [0.717, 1.165) is 22.6 Å². The minimum absolute atomic E-state index is 0.0285. The Kier molecular flexibility index (Phi) is 5.57. The molecule has 1 atom stereocenters. The first-order chi connectivity index (χ1) is 10.9. The summed E-state index contributed by atoms with van der Waals surface area (Å²) < 4.78 is 5.17. The Balaban J connectivity index is 2.09. The molecule has 0 saturated heterocycles. The van der Waals surface area contributed by atoms with Gasteiger partial charge < -0.3 is 19.9 Å². The second-order valence-electron chi connectivity index (χ2n) is 5.43. The molecule has 1 amide bonds. The zero-order valence-corrected chi connectivity index (χ0v) is 14.5. The Morgan fingerprint density at radius 3 is 2.48 bits per heavy atom. The van der Waals surface area contributed by atoms with Gasteiger partial charge in [-0.1, -0.05) is 23.5 Å². The fraction of sp³-hybridized carbons (Fsp3) is 0.375. The highest BCUT2D eigenvalue weighted by molar-refractivity contribution is 7.11. The van der Waals surface area contributed by atoms with Gasteiger partial charge in [0.1, 0.15) is 10.6 Å². The number of carbonyl (C=O) groups is 1. The molecule has 0 saturated carbocycles. The number of nitrogens with one attached hydrogen (secondary N) is 2. The lowest BCUT2D eigenvalue weighted by Gasteiger charge is -2.25. The number of hydrogen-bond donors (Lipinski definition) is 2. The molecule has 7 heteroatoms. The van der Waals surface area contributed by atoms with Crippen molar-refractivity contribution in [2.24, 2.45) is 0 Å². The predicted molar refractivity (Wildman–Crippen MR) is 91.4 cm³/mol. The van der Waals surface area contributed by atoms with Crippen molar-refractivity contribution in [2.75, 3.05) is 27.7 Å². The monoisotopic (exact) mass is 335 g/mol. The van der Waals surface area contributed by atoms with E-state index >= 15 is 0 Å². The molecule has 2 aromatic rings. The van der Waals surface area contributed by atoms with Crippen molar-refractivity contribution in [3.8, 4) is 5.75 Å². The van der Waals surface area contributed by atoms with E-state index in [1.54, 1.807) is 14.0 Å². The quantitative estimate of drug-likeness (QED) is 0.844. The molecular formula is C16H21N3O3S. The lowest BCUT2D eigenvalue weighted by molar-refractivity contribution is 0.0945. The van der Waals surface area contributed by atoms with Crippen LogP contribution < -0.4 is 14.9 Å². The Labute approximate surface area is 139 Å². The molecule has 23 heavy (non-hydrogen) atoms. The van der Waals surface area contributed by atoms with E-state index in [4.69, 9.17) is 4.74 Å². The van der Waals surface area contributed by atoms with E-state index < -0.39 is 0 Å². The standard InChI is InChI=1S/C16H21N3O3S/c1-10-14(23-16(21)18-10)15(20)17-9-13(19(2)3)11-5-7-12(22-4)8-6-11/h5-8,13H,9H2,1-4H3,(H,17,20)(H,18,21). The van der Waals surface area contributed by atoms with Crippen molar-refractivity contribution in [3.05, 3.63) is 50.1 Å². The highest BCUT2D eigenvalue weighted by Crippen LogP contribution is 2.21. The van der Waals surface area contributed by atoms with Crippen LogP contribution in [0.5, 0.6) is 5.75 Å². The number of benzene rings is 1. The van der Waals surface area contributed by atoms with Gasteiger partial charge in [0.05, 0.1) is 13.2 Å². The Bertz CT molecular complexity index is 719. The van der Waals surface area contributed by atoms with Gasteiger partial charge in [0, 0.05) is 12.2 Å².